The van der Waals surface area contributed by atoms with Crippen LogP contribution in [-0.4, -0.2) is 45.0 Å². The van der Waals surface area contributed by atoms with Crippen molar-refractivity contribution < 1.29 is 19.4 Å². The number of aromatic nitrogens is 3. The number of benzene rings is 1. The van der Waals surface area contributed by atoms with Gasteiger partial charge in [-0.05, 0) is 54.5 Å². The van der Waals surface area contributed by atoms with Gasteiger partial charge in [0.05, 0.1) is 12.7 Å². The van der Waals surface area contributed by atoms with Crippen molar-refractivity contribution in [2.75, 3.05) is 18.9 Å². The molecule has 0 radical (unpaired) electrons. The van der Waals surface area contributed by atoms with Crippen LogP contribution in [0, 0.1) is 6.92 Å². The van der Waals surface area contributed by atoms with Crippen LogP contribution in [0.4, 0.5) is 5.82 Å². The van der Waals surface area contributed by atoms with E-state index in [0.29, 0.717) is 47.1 Å². The molecule has 0 saturated heterocycles. The molecule has 0 amide bonds. The number of hydrogen-bond acceptors (Lipinski definition) is 7. The third-order valence-corrected chi connectivity index (χ3v) is 6.06. The van der Waals surface area contributed by atoms with Crippen LogP contribution in [0.3, 0.4) is 0 Å². The average molecular weight is 483 g/mol. The Morgan fingerprint density at radius 3 is 2.49 bits per heavy atom. The zero-order chi connectivity index (χ0) is 25.8. The van der Waals surface area contributed by atoms with Gasteiger partial charge < -0.3 is 20.3 Å². The summed E-state index contributed by atoms with van der Waals surface area (Å²) in [5.74, 6) is 1.32. The van der Waals surface area contributed by atoms with Crippen molar-refractivity contribution in [3.63, 3.8) is 0 Å². The third-order valence-electron chi connectivity index (χ3n) is 6.06. The first-order chi connectivity index (χ1) is 16.6. The monoisotopic (exact) mass is 482 g/mol. The second-order valence-corrected chi connectivity index (χ2v) is 9.92. The van der Waals surface area contributed by atoms with Crippen molar-refractivity contribution in [2.24, 2.45) is 0 Å². The van der Waals surface area contributed by atoms with Crippen LogP contribution in [0.5, 0.6) is 11.6 Å². The standard InChI is InChI=1S/C27H38N4O4/c1-7-20(8-2)35-23-12-17(3)24-25(29-23)26(28)31(30-24)16-22(33)18-13-19(27(4,5)6)15-21(14-18)34-11-9-10-32/h12-15,20,32H,7-11,16,28H2,1-6H3. The first-order valence-electron chi connectivity index (χ1n) is 12.3. The van der Waals surface area contributed by atoms with E-state index in [-0.39, 0.29) is 30.5 Å². The highest BCUT2D eigenvalue weighted by Crippen LogP contribution is 2.30. The Bertz CT molecular complexity index is 1180. The van der Waals surface area contributed by atoms with E-state index in [9.17, 15) is 4.79 Å². The predicted molar refractivity (Wildman–Crippen MR) is 138 cm³/mol. The maximum absolute atomic E-state index is 13.3. The van der Waals surface area contributed by atoms with Crippen LogP contribution in [0.1, 0.15) is 75.4 Å². The molecule has 0 aliphatic carbocycles. The lowest BCUT2D eigenvalue weighted by Gasteiger charge is -2.21. The smallest absolute Gasteiger partial charge is 0.214 e. The molecule has 0 saturated carbocycles. The molecule has 2 aromatic heterocycles. The summed E-state index contributed by atoms with van der Waals surface area (Å²) in [5, 5.41) is 13.6. The van der Waals surface area contributed by atoms with Gasteiger partial charge in [0.25, 0.3) is 0 Å². The maximum atomic E-state index is 13.3. The topological polar surface area (TPSA) is 112 Å². The molecule has 3 rings (SSSR count). The lowest BCUT2D eigenvalue weighted by molar-refractivity contribution is 0.0968. The number of nitrogens with two attached hydrogens (primary N) is 1. The number of ether oxygens (including phenoxy) is 2. The number of Topliss-reactive ketones (excluding diaryl/α,β-unsaturated/α-hetero) is 1. The number of rotatable bonds is 11. The number of pyridine rings is 1. The fraction of sp³-hybridized carbons (Fsp3) is 0.519. The predicted octanol–water partition coefficient (Wildman–Crippen LogP) is 4.83. The van der Waals surface area contributed by atoms with Gasteiger partial charge >= 0.3 is 0 Å². The van der Waals surface area contributed by atoms with Gasteiger partial charge in [0.1, 0.15) is 29.1 Å². The quantitative estimate of drug-likeness (QED) is 0.297. The number of carbonyl (C=O) groups is 1. The number of ketones is 1. The van der Waals surface area contributed by atoms with Crippen LogP contribution in [0.2, 0.25) is 0 Å². The van der Waals surface area contributed by atoms with Crippen molar-refractivity contribution in [2.45, 2.75) is 78.9 Å². The van der Waals surface area contributed by atoms with Gasteiger partial charge in [0, 0.05) is 24.7 Å². The Labute approximate surface area is 207 Å². The molecule has 0 spiro atoms. The second-order valence-electron chi connectivity index (χ2n) is 9.92. The molecule has 8 nitrogen and oxygen atoms in total. The van der Waals surface area contributed by atoms with E-state index in [0.717, 1.165) is 24.0 Å². The molecule has 8 heteroatoms. The Morgan fingerprint density at radius 1 is 1.14 bits per heavy atom. The molecule has 2 heterocycles. The van der Waals surface area contributed by atoms with Gasteiger partial charge in [-0.25, -0.2) is 9.67 Å². The normalized spacial score (nSPS) is 11.9. The first-order valence-corrected chi connectivity index (χ1v) is 12.3. The van der Waals surface area contributed by atoms with Gasteiger partial charge in [0.2, 0.25) is 5.88 Å². The molecule has 35 heavy (non-hydrogen) atoms. The van der Waals surface area contributed by atoms with Crippen LogP contribution in [0.15, 0.2) is 24.3 Å². The van der Waals surface area contributed by atoms with Gasteiger partial charge in [0.15, 0.2) is 5.78 Å². The number of anilines is 1. The van der Waals surface area contributed by atoms with Crippen molar-refractivity contribution in [3.8, 4) is 11.6 Å². The van der Waals surface area contributed by atoms with E-state index in [1.807, 2.05) is 25.1 Å². The highest BCUT2D eigenvalue weighted by Gasteiger charge is 2.21. The minimum Gasteiger partial charge on any atom is -0.493 e. The zero-order valence-corrected chi connectivity index (χ0v) is 21.7. The Kier molecular flexibility index (Phi) is 8.38. The number of aryl methyl sites for hydroxylation is 1. The number of aliphatic hydroxyl groups excluding tert-OH is 1. The molecule has 3 aromatic rings. The summed E-state index contributed by atoms with van der Waals surface area (Å²) in [6.07, 6.45) is 2.38. The fourth-order valence-electron chi connectivity index (χ4n) is 3.80. The van der Waals surface area contributed by atoms with Gasteiger partial charge in [-0.2, -0.15) is 5.10 Å². The highest BCUT2D eigenvalue weighted by molar-refractivity contribution is 5.97. The molecule has 0 fully saturated rings. The van der Waals surface area contributed by atoms with E-state index < -0.39 is 0 Å². The summed E-state index contributed by atoms with van der Waals surface area (Å²) in [6, 6.07) is 7.44. The van der Waals surface area contributed by atoms with E-state index in [1.54, 1.807) is 6.07 Å². The van der Waals surface area contributed by atoms with E-state index in [2.05, 4.69) is 44.7 Å². The third kappa shape index (κ3) is 6.31. The van der Waals surface area contributed by atoms with Crippen molar-refractivity contribution in [3.05, 3.63) is 41.0 Å². The lowest BCUT2D eigenvalue weighted by Crippen LogP contribution is -2.17. The summed E-state index contributed by atoms with van der Waals surface area (Å²) >= 11 is 0. The molecule has 1 aromatic carbocycles. The fourth-order valence-corrected chi connectivity index (χ4v) is 3.80. The minimum absolute atomic E-state index is 0.0198. The van der Waals surface area contributed by atoms with Crippen molar-refractivity contribution in [1.29, 1.82) is 0 Å². The second kappa shape index (κ2) is 11.1. The van der Waals surface area contributed by atoms with Gasteiger partial charge in [-0.1, -0.05) is 34.6 Å². The number of hydrogen-bond donors (Lipinski definition) is 2. The lowest BCUT2D eigenvalue weighted by atomic mass is 9.85. The Morgan fingerprint density at radius 2 is 1.86 bits per heavy atom. The molecule has 3 N–H and O–H groups in total. The van der Waals surface area contributed by atoms with E-state index in [4.69, 9.17) is 20.3 Å². The minimum atomic E-state index is -0.170. The summed E-state index contributed by atoms with van der Waals surface area (Å²) in [6.45, 7) is 12.8. The van der Waals surface area contributed by atoms with Crippen LogP contribution < -0.4 is 15.2 Å². The molecule has 0 aliphatic heterocycles. The van der Waals surface area contributed by atoms with E-state index >= 15 is 0 Å². The van der Waals surface area contributed by atoms with Gasteiger partial charge in [-0.3, -0.25) is 4.79 Å². The summed E-state index contributed by atoms with van der Waals surface area (Å²) in [5.41, 5.74) is 9.82. The van der Waals surface area contributed by atoms with Crippen LogP contribution in [0.25, 0.3) is 11.0 Å². The van der Waals surface area contributed by atoms with Crippen molar-refractivity contribution >= 4 is 22.6 Å². The number of aliphatic hydroxyl groups is 1. The maximum Gasteiger partial charge on any atom is 0.214 e. The van der Waals surface area contributed by atoms with E-state index in [1.165, 1.54) is 4.68 Å². The molecule has 0 unspecified atom stereocenters. The van der Waals surface area contributed by atoms with Crippen LogP contribution >= 0.6 is 0 Å². The molecule has 190 valence electrons. The molecule has 0 aliphatic rings. The summed E-state index contributed by atoms with van der Waals surface area (Å²) in [4.78, 5) is 17.9. The first kappa shape index (κ1) is 26.5. The molecule has 0 bridgehead atoms. The number of nitrogen functional groups attached to an aromatic ring is 1. The summed E-state index contributed by atoms with van der Waals surface area (Å²) < 4.78 is 13.3. The Hall–Kier alpha value is -3.13. The number of nitrogens with zero attached hydrogens (tertiary/aromatic N) is 3. The number of carbonyl (C=O) groups excluding carboxylic acids is 1. The molecular formula is C27H38N4O4. The Balaban J connectivity index is 1.92. The molecular weight excluding hydrogens is 444 g/mol. The zero-order valence-electron chi connectivity index (χ0n) is 21.7. The molecule has 0 atom stereocenters. The van der Waals surface area contributed by atoms with Gasteiger partial charge in [-0.15, -0.1) is 0 Å². The average Bonchev–Trinajstić information content (AvgIpc) is 3.12. The summed E-state index contributed by atoms with van der Waals surface area (Å²) in [7, 11) is 0. The van der Waals surface area contributed by atoms with Crippen LogP contribution in [-0.2, 0) is 12.0 Å². The largest absolute Gasteiger partial charge is 0.493 e. The number of fused-ring (bicyclic) bond motifs is 1. The van der Waals surface area contributed by atoms with Crippen molar-refractivity contribution in [1.82, 2.24) is 14.8 Å². The SMILES string of the molecule is CCC(CC)Oc1cc(C)c2nn(CC(=O)c3cc(OCCCO)cc(C(C)(C)C)c3)c(N)c2n1. The highest BCUT2D eigenvalue weighted by atomic mass is 16.5.